The minimum atomic E-state index is 0.579. The normalized spacial score (nSPS) is 10.8. The standard InChI is InChI=1S/C12H9N3O/c16-7-9-5-8(6-15-9)10-1-3-13-12-11(10)2-4-14-12/h1-7,15H,(H,13,14). The summed E-state index contributed by atoms with van der Waals surface area (Å²) in [5, 5.41) is 1.05. The lowest BCUT2D eigenvalue weighted by Crippen LogP contribution is -1.79. The van der Waals surface area contributed by atoms with Gasteiger partial charge in [-0.05, 0) is 23.8 Å². The van der Waals surface area contributed by atoms with Crippen molar-refractivity contribution < 1.29 is 4.79 Å². The van der Waals surface area contributed by atoms with Gasteiger partial charge in [0.25, 0.3) is 0 Å². The van der Waals surface area contributed by atoms with Crippen molar-refractivity contribution in [2.75, 3.05) is 0 Å². The van der Waals surface area contributed by atoms with Gasteiger partial charge in [-0.3, -0.25) is 4.79 Å². The van der Waals surface area contributed by atoms with Crippen LogP contribution in [0, 0.1) is 0 Å². The van der Waals surface area contributed by atoms with Crippen LogP contribution in [-0.2, 0) is 0 Å². The number of rotatable bonds is 2. The Balaban J connectivity index is 2.24. The number of aromatic nitrogens is 3. The molecule has 3 aromatic heterocycles. The number of nitrogens with one attached hydrogen (secondary N) is 2. The first-order chi connectivity index (χ1) is 7.88. The summed E-state index contributed by atoms with van der Waals surface area (Å²) in [4.78, 5) is 20.8. The summed E-state index contributed by atoms with van der Waals surface area (Å²) in [6.45, 7) is 0. The third-order valence-corrected chi connectivity index (χ3v) is 2.60. The number of carbonyl (C=O) groups is 1. The molecule has 3 aromatic rings. The van der Waals surface area contributed by atoms with Crippen LogP contribution in [0.15, 0.2) is 36.8 Å². The fourth-order valence-electron chi connectivity index (χ4n) is 1.85. The van der Waals surface area contributed by atoms with E-state index in [1.165, 1.54) is 0 Å². The molecule has 0 aliphatic carbocycles. The zero-order valence-electron chi connectivity index (χ0n) is 8.40. The first kappa shape index (κ1) is 8.91. The number of fused-ring (bicyclic) bond motifs is 1. The summed E-state index contributed by atoms with van der Waals surface area (Å²) in [6.07, 6.45) is 6.24. The van der Waals surface area contributed by atoms with Crippen LogP contribution in [0.25, 0.3) is 22.2 Å². The van der Waals surface area contributed by atoms with E-state index in [1.54, 1.807) is 6.20 Å². The van der Waals surface area contributed by atoms with Gasteiger partial charge in [-0.1, -0.05) is 0 Å². The van der Waals surface area contributed by atoms with E-state index in [0.29, 0.717) is 5.69 Å². The van der Waals surface area contributed by atoms with Crippen LogP contribution in [0.2, 0.25) is 0 Å². The van der Waals surface area contributed by atoms with Gasteiger partial charge in [0.1, 0.15) is 5.65 Å². The van der Waals surface area contributed by atoms with Crippen LogP contribution in [0.3, 0.4) is 0 Å². The summed E-state index contributed by atoms with van der Waals surface area (Å²) in [7, 11) is 0. The molecular formula is C12H9N3O. The summed E-state index contributed by atoms with van der Waals surface area (Å²) in [6, 6.07) is 5.74. The Morgan fingerprint density at radius 1 is 1.25 bits per heavy atom. The Morgan fingerprint density at radius 2 is 2.19 bits per heavy atom. The third-order valence-electron chi connectivity index (χ3n) is 2.60. The monoisotopic (exact) mass is 211 g/mol. The highest BCUT2D eigenvalue weighted by molar-refractivity contribution is 5.93. The second-order valence-corrected chi connectivity index (χ2v) is 3.56. The molecule has 4 nitrogen and oxygen atoms in total. The molecule has 0 atom stereocenters. The van der Waals surface area contributed by atoms with E-state index < -0.39 is 0 Å². The number of aldehydes is 1. The van der Waals surface area contributed by atoms with E-state index in [4.69, 9.17) is 0 Å². The second-order valence-electron chi connectivity index (χ2n) is 3.56. The molecular weight excluding hydrogens is 202 g/mol. The summed E-state index contributed by atoms with van der Waals surface area (Å²) in [5.41, 5.74) is 3.49. The lowest BCUT2D eigenvalue weighted by Gasteiger charge is -1.98. The van der Waals surface area contributed by atoms with Crippen LogP contribution in [0.5, 0.6) is 0 Å². The summed E-state index contributed by atoms with van der Waals surface area (Å²) < 4.78 is 0. The molecule has 2 N–H and O–H groups in total. The van der Waals surface area contributed by atoms with Gasteiger partial charge in [-0.2, -0.15) is 0 Å². The Kier molecular flexibility index (Phi) is 1.86. The number of carbonyl (C=O) groups excluding carboxylic acids is 1. The van der Waals surface area contributed by atoms with Crippen LogP contribution in [0.1, 0.15) is 10.5 Å². The topological polar surface area (TPSA) is 61.5 Å². The molecule has 0 spiro atoms. The van der Waals surface area contributed by atoms with E-state index in [9.17, 15) is 4.79 Å². The van der Waals surface area contributed by atoms with Crippen molar-refractivity contribution >= 4 is 17.3 Å². The fourth-order valence-corrected chi connectivity index (χ4v) is 1.85. The summed E-state index contributed by atoms with van der Waals surface area (Å²) >= 11 is 0. The predicted molar refractivity (Wildman–Crippen MR) is 61.3 cm³/mol. The van der Waals surface area contributed by atoms with Crippen molar-refractivity contribution in [3.05, 3.63) is 42.5 Å². The van der Waals surface area contributed by atoms with Crippen molar-refractivity contribution in [3.63, 3.8) is 0 Å². The molecule has 0 fully saturated rings. The molecule has 3 heterocycles. The average Bonchev–Trinajstić information content (AvgIpc) is 2.97. The zero-order chi connectivity index (χ0) is 11.0. The Labute approximate surface area is 91.3 Å². The molecule has 0 saturated heterocycles. The maximum absolute atomic E-state index is 10.6. The Hall–Kier alpha value is -2.36. The number of pyridine rings is 1. The SMILES string of the molecule is O=Cc1cc(-c2ccnc3[nH]ccc23)c[nH]1. The number of hydrogen-bond donors (Lipinski definition) is 2. The molecule has 0 saturated carbocycles. The van der Waals surface area contributed by atoms with Gasteiger partial charge in [0.05, 0.1) is 5.69 Å². The minimum absolute atomic E-state index is 0.579. The van der Waals surface area contributed by atoms with E-state index in [2.05, 4.69) is 15.0 Å². The molecule has 0 aliphatic heterocycles. The highest BCUT2D eigenvalue weighted by Crippen LogP contribution is 2.26. The van der Waals surface area contributed by atoms with Crippen molar-refractivity contribution in [3.8, 4) is 11.1 Å². The molecule has 0 aromatic carbocycles. The molecule has 0 bridgehead atoms. The van der Waals surface area contributed by atoms with E-state index >= 15 is 0 Å². The minimum Gasteiger partial charge on any atom is -0.358 e. The zero-order valence-corrected chi connectivity index (χ0v) is 8.40. The lowest BCUT2D eigenvalue weighted by atomic mass is 10.1. The second kappa shape index (κ2) is 3.34. The van der Waals surface area contributed by atoms with Crippen molar-refractivity contribution in [2.24, 2.45) is 0 Å². The van der Waals surface area contributed by atoms with Gasteiger partial charge in [0, 0.05) is 29.5 Å². The Morgan fingerprint density at radius 3 is 3.00 bits per heavy atom. The molecule has 0 radical (unpaired) electrons. The molecule has 4 heteroatoms. The highest BCUT2D eigenvalue weighted by atomic mass is 16.1. The van der Waals surface area contributed by atoms with Crippen LogP contribution >= 0.6 is 0 Å². The van der Waals surface area contributed by atoms with Crippen LogP contribution in [-0.4, -0.2) is 21.2 Å². The fraction of sp³-hybridized carbons (Fsp3) is 0. The molecule has 78 valence electrons. The van der Waals surface area contributed by atoms with Crippen LogP contribution < -0.4 is 0 Å². The van der Waals surface area contributed by atoms with E-state index in [1.807, 2.05) is 30.6 Å². The van der Waals surface area contributed by atoms with Gasteiger partial charge in [0.2, 0.25) is 0 Å². The van der Waals surface area contributed by atoms with Gasteiger partial charge in [0.15, 0.2) is 6.29 Å². The van der Waals surface area contributed by atoms with E-state index in [0.717, 1.165) is 28.4 Å². The molecule has 0 unspecified atom stereocenters. The predicted octanol–water partition coefficient (Wildman–Crippen LogP) is 2.37. The smallest absolute Gasteiger partial charge is 0.166 e. The molecule has 3 rings (SSSR count). The average molecular weight is 211 g/mol. The first-order valence-corrected chi connectivity index (χ1v) is 4.94. The molecule has 0 amide bonds. The van der Waals surface area contributed by atoms with Gasteiger partial charge in [-0.15, -0.1) is 0 Å². The first-order valence-electron chi connectivity index (χ1n) is 4.94. The lowest BCUT2D eigenvalue weighted by molar-refractivity contribution is 0.111. The quantitative estimate of drug-likeness (QED) is 0.639. The van der Waals surface area contributed by atoms with Crippen molar-refractivity contribution in [1.29, 1.82) is 0 Å². The number of nitrogens with zero attached hydrogens (tertiary/aromatic N) is 1. The highest BCUT2D eigenvalue weighted by Gasteiger charge is 2.06. The number of aromatic amines is 2. The molecule has 0 aliphatic rings. The van der Waals surface area contributed by atoms with Crippen molar-refractivity contribution in [2.45, 2.75) is 0 Å². The largest absolute Gasteiger partial charge is 0.358 e. The maximum Gasteiger partial charge on any atom is 0.166 e. The third kappa shape index (κ3) is 1.24. The molecule has 16 heavy (non-hydrogen) atoms. The van der Waals surface area contributed by atoms with Gasteiger partial charge >= 0.3 is 0 Å². The summed E-state index contributed by atoms with van der Waals surface area (Å²) in [5.74, 6) is 0. The van der Waals surface area contributed by atoms with Crippen LogP contribution in [0.4, 0.5) is 0 Å². The van der Waals surface area contributed by atoms with Crippen molar-refractivity contribution in [1.82, 2.24) is 15.0 Å². The number of H-pyrrole nitrogens is 2. The number of hydrogen-bond acceptors (Lipinski definition) is 2. The van der Waals surface area contributed by atoms with E-state index in [-0.39, 0.29) is 0 Å². The Bertz CT molecular complexity index is 651. The maximum atomic E-state index is 10.6. The van der Waals surface area contributed by atoms with Gasteiger partial charge in [-0.25, -0.2) is 4.98 Å². The van der Waals surface area contributed by atoms with Gasteiger partial charge < -0.3 is 9.97 Å².